The number of aryl methyl sites for hydroxylation is 1. The third kappa shape index (κ3) is 3.17. The van der Waals surface area contributed by atoms with Gasteiger partial charge in [-0.25, -0.2) is 4.68 Å². The van der Waals surface area contributed by atoms with E-state index in [-0.39, 0.29) is 5.54 Å². The van der Waals surface area contributed by atoms with Gasteiger partial charge in [-0.1, -0.05) is 5.21 Å². The van der Waals surface area contributed by atoms with Crippen molar-refractivity contribution in [3.8, 4) is 0 Å². The summed E-state index contributed by atoms with van der Waals surface area (Å²) in [6.07, 6.45) is 2.01. The molecule has 2 aromatic heterocycles. The molecule has 0 saturated heterocycles. The van der Waals surface area contributed by atoms with E-state index in [4.69, 9.17) is 0 Å². The second-order valence-corrected chi connectivity index (χ2v) is 6.46. The van der Waals surface area contributed by atoms with Crippen LogP contribution >= 0.6 is 11.3 Å². The molecule has 0 spiro atoms. The van der Waals surface area contributed by atoms with E-state index in [1.54, 1.807) is 11.3 Å². The molecule has 0 atom stereocenters. The lowest BCUT2D eigenvalue weighted by atomic mass is 10.1. The largest absolute Gasteiger partial charge is 0.306 e. The molecule has 1 N–H and O–H groups in total. The maximum atomic E-state index is 4.18. The molecule has 0 aliphatic rings. The number of hydrogen-bond acceptors (Lipinski definition) is 4. The van der Waals surface area contributed by atoms with Crippen LogP contribution < -0.4 is 5.32 Å². The van der Waals surface area contributed by atoms with Crippen LogP contribution in [0.2, 0.25) is 0 Å². The lowest BCUT2D eigenvalue weighted by Gasteiger charge is -2.17. The SMILES string of the molecule is Cc1ccsc1CNCc1cn(C(C)(C)C)nn1. The van der Waals surface area contributed by atoms with Crippen LogP contribution in [0, 0.1) is 6.92 Å². The third-order valence-electron chi connectivity index (χ3n) is 2.79. The average molecular weight is 264 g/mol. The van der Waals surface area contributed by atoms with Crippen LogP contribution in [-0.4, -0.2) is 15.0 Å². The van der Waals surface area contributed by atoms with Gasteiger partial charge in [-0.3, -0.25) is 0 Å². The highest BCUT2D eigenvalue weighted by molar-refractivity contribution is 7.10. The molecule has 5 heteroatoms. The standard InChI is InChI=1S/C13H20N4S/c1-10-5-6-18-12(10)8-14-7-11-9-17(16-15-11)13(2,3)4/h5-6,9,14H,7-8H2,1-4H3. The summed E-state index contributed by atoms with van der Waals surface area (Å²) in [6.45, 7) is 10.2. The Bertz CT molecular complexity index is 507. The molecule has 0 amide bonds. The van der Waals surface area contributed by atoms with Gasteiger partial charge in [0, 0.05) is 18.0 Å². The maximum absolute atomic E-state index is 4.18. The molecular formula is C13H20N4S. The Morgan fingerprint density at radius 2 is 2.11 bits per heavy atom. The van der Waals surface area contributed by atoms with Gasteiger partial charge in [0.15, 0.2) is 0 Å². The highest BCUT2D eigenvalue weighted by Gasteiger charge is 2.14. The van der Waals surface area contributed by atoms with Crippen molar-refractivity contribution in [3.63, 3.8) is 0 Å². The van der Waals surface area contributed by atoms with Gasteiger partial charge in [-0.2, -0.15) is 0 Å². The summed E-state index contributed by atoms with van der Waals surface area (Å²) >= 11 is 1.79. The number of nitrogens with zero attached hydrogens (tertiary/aromatic N) is 3. The quantitative estimate of drug-likeness (QED) is 0.923. The molecule has 2 aromatic rings. The highest BCUT2D eigenvalue weighted by atomic mass is 32.1. The molecule has 0 saturated carbocycles. The van der Waals surface area contributed by atoms with E-state index >= 15 is 0 Å². The van der Waals surface area contributed by atoms with Crippen LogP contribution in [-0.2, 0) is 18.6 Å². The topological polar surface area (TPSA) is 42.7 Å². The first-order valence-electron chi connectivity index (χ1n) is 6.12. The van der Waals surface area contributed by atoms with Crippen molar-refractivity contribution in [2.45, 2.75) is 46.3 Å². The predicted octanol–water partition coefficient (Wildman–Crippen LogP) is 2.69. The fourth-order valence-corrected chi connectivity index (χ4v) is 2.47. The van der Waals surface area contributed by atoms with Crippen LogP contribution in [0.1, 0.15) is 36.9 Å². The minimum atomic E-state index is -0.00437. The molecule has 0 aliphatic carbocycles. The van der Waals surface area contributed by atoms with E-state index in [0.29, 0.717) is 0 Å². The minimum absolute atomic E-state index is 0.00437. The number of thiophene rings is 1. The Morgan fingerprint density at radius 3 is 2.67 bits per heavy atom. The fraction of sp³-hybridized carbons (Fsp3) is 0.538. The van der Waals surface area contributed by atoms with Gasteiger partial charge in [0.1, 0.15) is 0 Å². The molecule has 0 radical (unpaired) electrons. The Kier molecular flexibility index (Phi) is 3.82. The maximum Gasteiger partial charge on any atom is 0.0965 e. The van der Waals surface area contributed by atoms with E-state index < -0.39 is 0 Å². The van der Waals surface area contributed by atoms with Crippen molar-refractivity contribution >= 4 is 11.3 Å². The van der Waals surface area contributed by atoms with Crippen LogP contribution in [0.5, 0.6) is 0 Å². The highest BCUT2D eigenvalue weighted by Crippen LogP contribution is 2.15. The van der Waals surface area contributed by atoms with Crippen LogP contribution in [0.4, 0.5) is 0 Å². The van der Waals surface area contributed by atoms with Gasteiger partial charge in [-0.15, -0.1) is 16.4 Å². The zero-order valence-corrected chi connectivity index (χ0v) is 12.2. The van der Waals surface area contributed by atoms with Gasteiger partial charge in [0.25, 0.3) is 0 Å². The zero-order valence-electron chi connectivity index (χ0n) is 11.4. The predicted molar refractivity (Wildman–Crippen MR) is 74.6 cm³/mol. The molecule has 18 heavy (non-hydrogen) atoms. The number of rotatable bonds is 4. The average Bonchev–Trinajstić information content (AvgIpc) is 2.88. The summed E-state index contributed by atoms with van der Waals surface area (Å²) < 4.78 is 1.90. The van der Waals surface area contributed by atoms with Crippen LogP contribution in [0.15, 0.2) is 17.6 Å². The molecule has 0 bridgehead atoms. The Balaban J connectivity index is 1.88. The lowest BCUT2D eigenvalue weighted by molar-refractivity contribution is 0.347. The van der Waals surface area contributed by atoms with E-state index in [0.717, 1.165) is 18.8 Å². The summed E-state index contributed by atoms with van der Waals surface area (Å²) in [5.74, 6) is 0. The summed E-state index contributed by atoms with van der Waals surface area (Å²) in [6, 6.07) is 2.15. The summed E-state index contributed by atoms with van der Waals surface area (Å²) in [7, 11) is 0. The first kappa shape index (κ1) is 13.2. The summed E-state index contributed by atoms with van der Waals surface area (Å²) in [5, 5.41) is 13.9. The Labute approximate surface area is 112 Å². The number of hydrogen-bond donors (Lipinski definition) is 1. The molecule has 0 aliphatic heterocycles. The third-order valence-corrected chi connectivity index (χ3v) is 3.81. The molecule has 98 valence electrons. The van der Waals surface area contributed by atoms with Crippen molar-refractivity contribution in [3.05, 3.63) is 33.8 Å². The molecule has 0 aromatic carbocycles. The second-order valence-electron chi connectivity index (χ2n) is 5.46. The molecule has 4 nitrogen and oxygen atoms in total. The summed E-state index contributed by atoms with van der Waals surface area (Å²) in [5.41, 5.74) is 2.33. The first-order chi connectivity index (χ1) is 8.47. The summed E-state index contributed by atoms with van der Waals surface area (Å²) in [4.78, 5) is 1.39. The van der Waals surface area contributed by atoms with Crippen LogP contribution in [0.3, 0.4) is 0 Å². The zero-order chi connectivity index (χ0) is 13.2. The van der Waals surface area contributed by atoms with Gasteiger partial charge < -0.3 is 5.32 Å². The monoisotopic (exact) mass is 264 g/mol. The molecule has 2 heterocycles. The second kappa shape index (κ2) is 5.20. The van der Waals surface area contributed by atoms with Crippen molar-refractivity contribution < 1.29 is 0 Å². The normalized spacial score (nSPS) is 12.0. The molecule has 2 rings (SSSR count). The Morgan fingerprint density at radius 1 is 1.33 bits per heavy atom. The lowest BCUT2D eigenvalue weighted by Crippen LogP contribution is -2.22. The van der Waals surface area contributed by atoms with E-state index in [1.165, 1.54) is 10.4 Å². The van der Waals surface area contributed by atoms with E-state index in [2.05, 4.69) is 54.8 Å². The first-order valence-corrected chi connectivity index (χ1v) is 7.00. The van der Waals surface area contributed by atoms with Gasteiger partial charge >= 0.3 is 0 Å². The van der Waals surface area contributed by atoms with Gasteiger partial charge in [-0.05, 0) is 44.7 Å². The smallest absolute Gasteiger partial charge is 0.0965 e. The van der Waals surface area contributed by atoms with E-state index in [9.17, 15) is 0 Å². The number of aromatic nitrogens is 3. The van der Waals surface area contributed by atoms with Crippen molar-refractivity contribution in [2.75, 3.05) is 0 Å². The fourth-order valence-electron chi connectivity index (χ4n) is 1.60. The van der Waals surface area contributed by atoms with Crippen molar-refractivity contribution in [1.82, 2.24) is 20.3 Å². The van der Waals surface area contributed by atoms with Crippen LogP contribution in [0.25, 0.3) is 0 Å². The Hall–Kier alpha value is -1.20. The minimum Gasteiger partial charge on any atom is -0.306 e. The van der Waals surface area contributed by atoms with Crippen molar-refractivity contribution in [1.29, 1.82) is 0 Å². The van der Waals surface area contributed by atoms with E-state index in [1.807, 2.05) is 10.9 Å². The molecule has 0 unspecified atom stereocenters. The van der Waals surface area contributed by atoms with Gasteiger partial charge in [0.05, 0.1) is 17.4 Å². The molecule has 0 fully saturated rings. The molecular weight excluding hydrogens is 244 g/mol. The van der Waals surface area contributed by atoms with Gasteiger partial charge in [0.2, 0.25) is 0 Å². The van der Waals surface area contributed by atoms with Crippen molar-refractivity contribution in [2.24, 2.45) is 0 Å². The number of nitrogens with one attached hydrogen (secondary N) is 1.